The summed E-state index contributed by atoms with van der Waals surface area (Å²) in [7, 11) is -3.42. The topological polar surface area (TPSA) is 66.5 Å². The number of benzene rings is 1. The molecule has 5 fully saturated rings. The molecule has 5 aliphatic rings. The SMILES string of the molecule is O=C(CC12CC3CC(CC(C3)C1)C2)Nc1ccc(S(=O)(=O)N2CCCCC2)cc1. The molecule has 4 aliphatic carbocycles. The van der Waals surface area contributed by atoms with E-state index in [1.165, 1.54) is 38.5 Å². The van der Waals surface area contributed by atoms with Gasteiger partial charge < -0.3 is 5.32 Å². The molecule has 0 radical (unpaired) electrons. The average Bonchev–Trinajstić information content (AvgIpc) is 2.67. The molecule has 1 aromatic carbocycles. The third kappa shape index (κ3) is 3.86. The van der Waals surface area contributed by atoms with Crippen LogP contribution < -0.4 is 5.32 Å². The predicted octanol–water partition coefficient (Wildman–Crippen LogP) is 4.41. The van der Waals surface area contributed by atoms with Crippen LogP contribution in [0.15, 0.2) is 29.2 Å². The monoisotopic (exact) mass is 416 g/mol. The number of nitrogens with one attached hydrogen (secondary N) is 1. The van der Waals surface area contributed by atoms with Crippen molar-refractivity contribution < 1.29 is 13.2 Å². The number of hydrogen-bond acceptors (Lipinski definition) is 3. The van der Waals surface area contributed by atoms with E-state index in [0.29, 0.717) is 30.1 Å². The van der Waals surface area contributed by atoms with E-state index in [4.69, 9.17) is 0 Å². The zero-order valence-corrected chi connectivity index (χ0v) is 17.9. The number of carbonyl (C=O) groups is 1. The quantitative estimate of drug-likeness (QED) is 0.773. The lowest BCUT2D eigenvalue weighted by molar-refractivity contribution is -0.124. The summed E-state index contributed by atoms with van der Waals surface area (Å²) >= 11 is 0. The number of sulfonamides is 1. The molecule has 1 aliphatic heterocycles. The summed E-state index contributed by atoms with van der Waals surface area (Å²) in [6, 6.07) is 6.72. The Labute approximate surface area is 174 Å². The molecular formula is C23H32N2O3S. The van der Waals surface area contributed by atoms with E-state index in [1.54, 1.807) is 28.6 Å². The fourth-order valence-electron chi connectivity index (χ4n) is 7.02. The van der Waals surface area contributed by atoms with Gasteiger partial charge in [-0.05, 0) is 98.8 Å². The summed E-state index contributed by atoms with van der Waals surface area (Å²) in [5.41, 5.74) is 0.911. The van der Waals surface area contributed by atoms with E-state index < -0.39 is 10.0 Å². The molecule has 0 spiro atoms. The summed E-state index contributed by atoms with van der Waals surface area (Å²) in [6.45, 7) is 1.21. The number of hydrogen-bond donors (Lipinski definition) is 1. The fourth-order valence-corrected chi connectivity index (χ4v) is 8.53. The lowest BCUT2D eigenvalue weighted by Crippen LogP contribution is -2.47. The van der Waals surface area contributed by atoms with Crippen LogP contribution in [0.5, 0.6) is 0 Å². The minimum absolute atomic E-state index is 0.0820. The second kappa shape index (κ2) is 7.38. The number of rotatable bonds is 5. The highest BCUT2D eigenvalue weighted by molar-refractivity contribution is 7.89. The Kier molecular flexibility index (Phi) is 4.98. The van der Waals surface area contributed by atoms with Gasteiger partial charge in [0, 0.05) is 25.2 Å². The van der Waals surface area contributed by atoms with Crippen molar-refractivity contribution in [1.82, 2.24) is 4.31 Å². The molecule has 4 saturated carbocycles. The van der Waals surface area contributed by atoms with Gasteiger partial charge in [-0.1, -0.05) is 6.42 Å². The lowest BCUT2D eigenvalue weighted by Gasteiger charge is -2.56. The highest BCUT2D eigenvalue weighted by Gasteiger charge is 2.51. The third-order valence-corrected chi connectivity index (χ3v) is 9.70. The first-order chi connectivity index (χ1) is 13.9. The van der Waals surface area contributed by atoms with Gasteiger partial charge in [0.05, 0.1) is 4.90 Å². The molecule has 158 valence electrons. The van der Waals surface area contributed by atoms with Crippen LogP contribution in [0.3, 0.4) is 0 Å². The lowest BCUT2D eigenvalue weighted by atomic mass is 9.49. The Morgan fingerprint density at radius 3 is 2.03 bits per heavy atom. The molecule has 1 saturated heterocycles. The second-order valence-corrected chi connectivity index (χ2v) is 12.1. The second-order valence-electron chi connectivity index (χ2n) is 10.1. The van der Waals surface area contributed by atoms with Crippen LogP contribution in [0.25, 0.3) is 0 Å². The van der Waals surface area contributed by atoms with Crippen molar-refractivity contribution in [2.45, 2.75) is 69.1 Å². The van der Waals surface area contributed by atoms with Crippen molar-refractivity contribution in [2.75, 3.05) is 18.4 Å². The van der Waals surface area contributed by atoms with E-state index >= 15 is 0 Å². The zero-order chi connectivity index (χ0) is 20.1. The number of anilines is 1. The Morgan fingerprint density at radius 2 is 1.48 bits per heavy atom. The van der Waals surface area contributed by atoms with Gasteiger partial charge in [0.25, 0.3) is 0 Å². The van der Waals surface area contributed by atoms with Gasteiger partial charge in [-0.15, -0.1) is 0 Å². The van der Waals surface area contributed by atoms with Crippen LogP contribution in [0.2, 0.25) is 0 Å². The van der Waals surface area contributed by atoms with Gasteiger partial charge in [0.15, 0.2) is 0 Å². The van der Waals surface area contributed by atoms with Gasteiger partial charge in [0.2, 0.25) is 15.9 Å². The first-order valence-corrected chi connectivity index (χ1v) is 12.8. The molecule has 1 amide bonds. The maximum absolute atomic E-state index is 12.8. The summed E-state index contributed by atoms with van der Waals surface area (Å²) in [5, 5.41) is 3.03. The zero-order valence-electron chi connectivity index (χ0n) is 17.1. The summed E-state index contributed by atoms with van der Waals surface area (Å²) in [4.78, 5) is 13.1. The van der Waals surface area contributed by atoms with E-state index in [1.807, 2.05) is 0 Å². The first-order valence-electron chi connectivity index (χ1n) is 11.3. The van der Waals surface area contributed by atoms with Crippen molar-refractivity contribution in [1.29, 1.82) is 0 Å². The Morgan fingerprint density at radius 1 is 0.931 bits per heavy atom. The molecule has 29 heavy (non-hydrogen) atoms. The third-order valence-electron chi connectivity index (χ3n) is 7.79. The van der Waals surface area contributed by atoms with E-state index in [9.17, 15) is 13.2 Å². The predicted molar refractivity (Wildman–Crippen MR) is 113 cm³/mol. The standard InChI is InChI=1S/C23H32N2O3S/c26-22(16-23-13-17-10-18(14-23)12-19(11-17)15-23)24-20-4-6-21(7-5-20)29(27,28)25-8-2-1-3-9-25/h4-7,17-19H,1-3,8-16H2,(H,24,26). The van der Waals surface area contributed by atoms with Crippen LogP contribution in [0.4, 0.5) is 5.69 Å². The molecule has 4 bridgehead atoms. The van der Waals surface area contributed by atoms with Gasteiger partial charge in [-0.2, -0.15) is 4.31 Å². The summed E-state index contributed by atoms with van der Waals surface area (Å²) in [5.74, 6) is 2.61. The largest absolute Gasteiger partial charge is 0.326 e. The Bertz CT molecular complexity index is 837. The van der Waals surface area contributed by atoms with Crippen molar-refractivity contribution in [3.8, 4) is 0 Å². The molecule has 1 aromatic rings. The smallest absolute Gasteiger partial charge is 0.243 e. The molecule has 1 N–H and O–H groups in total. The van der Waals surface area contributed by atoms with E-state index in [0.717, 1.165) is 37.0 Å². The number of piperidine rings is 1. The van der Waals surface area contributed by atoms with Gasteiger partial charge >= 0.3 is 0 Å². The van der Waals surface area contributed by atoms with Crippen molar-refractivity contribution in [3.63, 3.8) is 0 Å². The van der Waals surface area contributed by atoms with Crippen LogP contribution >= 0.6 is 0 Å². The van der Waals surface area contributed by atoms with Gasteiger partial charge in [-0.3, -0.25) is 4.79 Å². The Balaban J connectivity index is 1.23. The average molecular weight is 417 g/mol. The molecule has 6 rings (SSSR count). The number of nitrogens with zero attached hydrogens (tertiary/aromatic N) is 1. The van der Waals surface area contributed by atoms with Gasteiger partial charge in [0.1, 0.15) is 0 Å². The molecule has 6 heteroatoms. The highest BCUT2D eigenvalue weighted by atomic mass is 32.2. The van der Waals surface area contributed by atoms with Crippen LogP contribution in [-0.2, 0) is 14.8 Å². The number of amides is 1. The van der Waals surface area contributed by atoms with Crippen molar-refractivity contribution in [2.24, 2.45) is 23.2 Å². The van der Waals surface area contributed by atoms with Crippen LogP contribution in [-0.4, -0.2) is 31.7 Å². The maximum atomic E-state index is 12.8. The van der Waals surface area contributed by atoms with Crippen LogP contribution in [0.1, 0.15) is 64.2 Å². The summed E-state index contributed by atoms with van der Waals surface area (Å²) < 4.78 is 27.1. The maximum Gasteiger partial charge on any atom is 0.243 e. The Hall–Kier alpha value is -1.40. The normalized spacial score (nSPS) is 34.3. The van der Waals surface area contributed by atoms with Crippen molar-refractivity contribution in [3.05, 3.63) is 24.3 Å². The fraction of sp³-hybridized carbons (Fsp3) is 0.696. The first kappa shape index (κ1) is 19.6. The number of carbonyl (C=O) groups excluding carboxylic acids is 1. The van der Waals surface area contributed by atoms with Gasteiger partial charge in [-0.25, -0.2) is 8.42 Å². The molecule has 5 nitrogen and oxygen atoms in total. The van der Waals surface area contributed by atoms with E-state index in [2.05, 4.69) is 5.32 Å². The van der Waals surface area contributed by atoms with Crippen molar-refractivity contribution >= 4 is 21.6 Å². The summed E-state index contributed by atoms with van der Waals surface area (Å²) in [6.07, 6.45) is 11.4. The molecular weight excluding hydrogens is 384 g/mol. The van der Waals surface area contributed by atoms with E-state index in [-0.39, 0.29) is 11.3 Å². The molecule has 0 atom stereocenters. The molecule has 0 aromatic heterocycles. The molecule has 1 heterocycles. The van der Waals surface area contributed by atoms with Crippen LogP contribution in [0, 0.1) is 23.2 Å². The minimum atomic E-state index is -3.42. The minimum Gasteiger partial charge on any atom is -0.326 e. The highest BCUT2D eigenvalue weighted by Crippen LogP contribution is 2.61. The molecule has 0 unspecified atom stereocenters.